The Bertz CT molecular complexity index is 321. The zero-order chi connectivity index (χ0) is 11.9. The molecule has 5 heteroatoms. The minimum Gasteiger partial charge on any atom is -0.317 e. The summed E-state index contributed by atoms with van der Waals surface area (Å²) in [5.74, 6) is 3.51. The van der Waals surface area contributed by atoms with Gasteiger partial charge in [0.25, 0.3) is 0 Å². The van der Waals surface area contributed by atoms with Gasteiger partial charge in [-0.3, -0.25) is 0 Å². The summed E-state index contributed by atoms with van der Waals surface area (Å²) >= 11 is 3.90. The van der Waals surface area contributed by atoms with Gasteiger partial charge in [0.05, 0.1) is 0 Å². The van der Waals surface area contributed by atoms with Crippen LogP contribution in [0.25, 0.3) is 0 Å². The Morgan fingerprint density at radius 3 is 2.76 bits per heavy atom. The first-order valence-electron chi connectivity index (χ1n) is 6.48. The highest BCUT2D eigenvalue weighted by Crippen LogP contribution is 2.26. The fraction of sp³-hybridized carbons (Fsp3) is 0.833. The van der Waals surface area contributed by atoms with Crippen LogP contribution >= 0.6 is 23.1 Å². The molecule has 0 spiro atoms. The Morgan fingerprint density at radius 2 is 2.00 bits per heavy atom. The van der Waals surface area contributed by atoms with E-state index in [1.54, 1.807) is 0 Å². The standard InChI is InChI=1S/C12H21N3S2/c1-2-13-6-3-11-14-15-12(17-11)9-10-4-7-16-8-5-10/h10,13H,2-9H2,1H3. The molecule has 1 aliphatic heterocycles. The van der Waals surface area contributed by atoms with E-state index in [2.05, 4.69) is 34.2 Å². The lowest BCUT2D eigenvalue weighted by molar-refractivity contribution is 0.485. The second-order valence-corrected chi connectivity index (χ2v) is 6.82. The van der Waals surface area contributed by atoms with Crippen molar-refractivity contribution >= 4 is 23.1 Å². The van der Waals surface area contributed by atoms with Crippen LogP contribution in [-0.2, 0) is 12.8 Å². The minimum absolute atomic E-state index is 0.853. The minimum atomic E-state index is 0.853. The third-order valence-electron chi connectivity index (χ3n) is 3.08. The molecule has 1 N–H and O–H groups in total. The van der Waals surface area contributed by atoms with Crippen molar-refractivity contribution < 1.29 is 0 Å². The van der Waals surface area contributed by atoms with Crippen molar-refractivity contribution in [2.24, 2.45) is 5.92 Å². The molecule has 1 fully saturated rings. The third-order valence-corrected chi connectivity index (χ3v) is 5.13. The Kier molecular flexibility index (Phi) is 5.74. The number of nitrogens with zero attached hydrogens (tertiary/aromatic N) is 2. The maximum atomic E-state index is 4.32. The lowest BCUT2D eigenvalue weighted by Gasteiger charge is -2.19. The second-order valence-electron chi connectivity index (χ2n) is 4.45. The smallest absolute Gasteiger partial charge is 0.118 e. The number of nitrogens with one attached hydrogen (secondary N) is 1. The number of likely N-dealkylation sites (N-methyl/N-ethyl adjacent to an activating group) is 1. The lowest BCUT2D eigenvalue weighted by Crippen LogP contribution is -2.15. The number of hydrogen-bond acceptors (Lipinski definition) is 5. The quantitative estimate of drug-likeness (QED) is 0.806. The highest BCUT2D eigenvalue weighted by molar-refractivity contribution is 7.99. The Hall–Kier alpha value is -0.130. The summed E-state index contributed by atoms with van der Waals surface area (Å²) in [5, 5.41) is 14.4. The van der Waals surface area contributed by atoms with Crippen molar-refractivity contribution in [1.82, 2.24) is 15.5 Å². The monoisotopic (exact) mass is 271 g/mol. The van der Waals surface area contributed by atoms with Crippen LogP contribution in [0.5, 0.6) is 0 Å². The summed E-state index contributed by atoms with van der Waals surface area (Å²) in [6, 6.07) is 0. The first kappa shape index (κ1) is 13.3. The molecule has 96 valence electrons. The van der Waals surface area contributed by atoms with Gasteiger partial charge in [-0.25, -0.2) is 0 Å². The molecule has 2 heterocycles. The number of rotatable bonds is 6. The molecule has 0 radical (unpaired) electrons. The van der Waals surface area contributed by atoms with Crippen molar-refractivity contribution in [3.63, 3.8) is 0 Å². The van der Waals surface area contributed by atoms with E-state index in [0.29, 0.717) is 0 Å². The average Bonchev–Trinajstić information content (AvgIpc) is 2.79. The summed E-state index contributed by atoms with van der Waals surface area (Å²) in [7, 11) is 0. The molecule has 0 bridgehead atoms. The summed E-state index contributed by atoms with van der Waals surface area (Å²) in [4.78, 5) is 0. The first-order valence-corrected chi connectivity index (χ1v) is 8.45. The third kappa shape index (κ3) is 4.56. The average molecular weight is 271 g/mol. The first-order chi connectivity index (χ1) is 8.38. The van der Waals surface area contributed by atoms with Crippen LogP contribution in [0.2, 0.25) is 0 Å². The van der Waals surface area contributed by atoms with Crippen molar-refractivity contribution in [1.29, 1.82) is 0 Å². The van der Waals surface area contributed by atoms with Gasteiger partial charge in [-0.2, -0.15) is 11.8 Å². The molecule has 0 amide bonds. The molecule has 0 atom stereocenters. The van der Waals surface area contributed by atoms with E-state index in [-0.39, 0.29) is 0 Å². The number of thioether (sulfide) groups is 1. The van der Waals surface area contributed by atoms with E-state index in [9.17, 15) is 0 Å². The molecule has 0 aromatic carbocycles. The molecular weight excluding hydrogens is 250 g/mol. The number of aromatic nitrogens is 2. The van der Waals surface area contributed by atoms with Crippen LogP contribution in [0.1, 0.15) is 29.8 Å². The van der Waals surface area contributed by atoms with Gasteiger partial charge in [-0.15, -0.1) is 21.5 Å². The van der Waals surface area contributed by atoms with Gasteiger partial charge in [0.15, 0.2) is 0 Å². The van der Waals surface area contributed by atoms with Crippen LogP contribution in [0.4, 0.5) is 0 Å². The van der Waals surface area contributed by atoms with Gasteiger partial charge in [0, 0.05) is 19.4 Å². The highest BCUT2D eigenvalue weighted by Gasteiger charge is 2.16. The summed E-state index contributed by atoms with van der Waals surface area (Å²) < 4.78 is 0. The molecule has 2 rings (SSSR count). The van der Waals surface area contributed by atoms with E-state index >= 15 is 0 Å². The Labute approximate surface area is 112 Å². The molecule has 1 aliphatic rings. The topological polar surface area (TPSA) is 37.8 Å². The van der Waals surface area contributed by atoms with Gasteiger partial charge in [-0.1, -0.05) is 6.92 Å². The summed E-state index contributed by atoms with van der Waals surface area (Å²) in [6.45, 7) is 4.18. The predicted molar refractivity (Wildman–Crippen MR) is 75.9 cm³/mol. The van der Waals surface area contributed by atoms with Crippen LogP contribution < -0.4 is 5.32 Å². The van der Waals surface area contributed by atoms with Crippen LogP contribution in [0, 0.1) is 5.92 Å². The zero-order valence-electron chi connectivity index (χ0n) is 10.4. The lowest BCUT2D eigenvalue weighted by atomic mass is 9.99. The maximum absolute atomic E-state index is 4.32. The molecule has 17 heavy (non-hydrogen) atoms. The van der Waals surface area contributed by atoms with Gasteiger partial charge in [-0.05, 0) is 36.8 Å². The van der Waals surface area contributed by atoms with Gasteiger partial charge >= 0.3 is 0 Å². The highest BCUT2D eigenvalue weighted by atomic mass is 32.2. The molecule has 0 saturated carbocycles. The largest absolute Gasteiger partial charge is 0.317 e. The van der Waals surface area contributed by atoms with E-state index in [0.717, 1.165) is 31.8 Å². The summed E-state index contributed by atoms with van der Waals surface area (Å²) in [5.41, 5.74) is 0. The fourth-order valence-electron chi connectivity index (χ4n) is 2.04. The van der Waals surface area contributed by atoms with Crippen molar-refractivity contribution in [3.8, 4) is 0 Å². The fourth-order valence-corrected chi connectivity index (χ4v) is 4.20. The van der Waals surface area contributed by atoms with E-state index in [1.165, 1.54) is 34.4 Å². The zero-order valence-corrected chi connectivity index (χ0v) is 12.1. The molecule has 1 aromatic rings. The molecule has 3 nitrogen and oxygen atoms in total. The van der Waals surface area contributed by atoms with Gasteiger partial charge in [0.1, 0.15) is 10.0 Å². The van der Waals surface area contributed by atoms with Gasteiger partial charge < -0.3 is 5.32 Å². The molecule has 0 unspecified atom stereocenters. The van der Waals surface area contributed by atoms with Crippen LogP contribution in [0.3, 0.4) is 0 Å². The van der Waals surface area contributed by atoms with Gasteiger partial charge in [0.2, 0.25) is 0 Å². The molecule has 1 saturated heterocycles. The Morgan fingerprint density at radius 1 is 1.24 bits per heavy atom. The molecular formula is C12H21N3S2. The molecule has 0 aliphatic carbocycles. The van der Waals surface area contributed by atoms with Crippen molar-refractivity contribution in [2.45, 2.75) is 32.6 Å². The van der Waals surface area contributed by atoms with Crippen LogP contribution in [-0.4, -0.2) is 34.8 Å². The van der Waals surface area contributed by atoms with Crippen molar-refractivity contribution in [2.75, 3.05) is 24.6 Å². The van der Waals surface area contributed by atoms with E-state index < -0.39 is 0 Å². The predicted octanol–water partition coefficient (Wildman–Crippen LogP) is 2.38. The number of hydrogen-bond donors (Lipinski definition) is 1. The van der Waals surface area contributed by atoms with E-state index in [4.69, 9.17) is 0 Å². The maximum Gasteiger partial charge on any atom is 0.118 e. The van der Waals surface area contributed by atoms with E-state index in [1.807, 2.05) is 11.3 Å². The SMILES string of the molecule is CCNCCc1nnc(CC2CCSCC2)s1. The second kappa shape index (κ2) is 7.34. The van der Waals surface area contributed by atoms with Crippen LogP contribution in [0.15, 0.2) is 0 Å². The summed E-state index contributed by atoms with van der Waals surface area (Å²) in [6.07, 6.45) is 4.89. The Balaban J connectivity index is 1.76. The van der Waals surface area contributed by atoms with Crippen molar-refractivity contribution in [3.05, 3.63) is 10.0 Å². The molecule has 1 aromatic heterocycles. The normalized spacial score (nSPS) is 17.5.